The number of nitrogens with one attached hydrogen (secondary N) is 1. The van der Waals surface area contributed by atoms with E-state index in [9.17, 15) is 29.4 Å². The molecule has 4 aromatic rings. The van der Waals surface area contributed by atoms with Crippen LogP contribution < -0.4 is 5.32 Å². The number of carboxylic acid groups (broad SMARTS) is 2. The summed E-state index contributed by atoms with van der Waals surface area (Å²) >= 11 is 6.93. The fourth-order valence-electron chi connectivity index (χ4n) is 7.16. The van der Waals surface area contributed by atoms with E-state index in [-0.39, 0.29) is 23.8 Å². The normalized spacial score (nSPS) is 18.1. The molecule has 12 heteroatoms. The topological polar surface area (TPSA) is 153 Å². The number of carbonyl (C=O) groups is 4. The van der Waals surface area contributed by atoms with E-state index in [1.807, 2.05) is 53.1 Å². The Morgan fingerprint density at radius 2 is 1.31 bits per heavy atom. The number of Topliss-reactive ketones (excluding diaryl/α,β-unsaturated/α-hetero) is 1. The molecule has 0 saturated carbocycles. The highest BCUT2D eigenvalue weighted by molar-refractivity contribution is 6.34. The van der Waals surface area contributed by atoms with Crippen LogP contribution in [0.25, 0.3) is 11.1 Å². The molecule has 11 nitrogen and oxygen atoms in total. The van der Waals surface area contributed by atoms with E-state index in [0.29, 0.717) is 61.0 Å². The molecule has 2 atom stereocenters. The third-order valence-electron chi connectivity index (χ3n) is 10.0. The minimum Gasteiger partial charge on any atom is -0.480 e. The van der Waals surface area contributed by atoms with Crippen molar-refractivity contribution >= 4 is 40.9 Å². The van der Waals surface area contributed by atoms with Gasteiger partial charge in [0.1, 0.15) is 23.5 Å². The largest absolute Gasteiger partial charge is 0.480 e. The fourth-order valence-corrected chi connectivity index (χ4v) is 7.46. The number of rotatable bonds is 12. The number of amides is 1. The maximum absolute atomic E-state index is 13.3. The Morgan fingerprint density at radius 1 is 0.750 bits per heavy atom. The van der Waals surface area contributed by atoms with E-state index in [4.69, 9.17) is 11.6 Å². The summed E-state index contributed by atoms with van der Waals surface area (Å²) in [4.78, 5) is 62.6. The van der Waals surface area contributed by atoms with Crippen molar-refractivity contribution in [2.75, 3.05) is 18.4 Å². The van der Waals surface area contributed by atoms with Crippen molar-refractivity contribution in [1.82, 2.24) is 19.8 Å². The Morgan fingerprint density at radius 3 is 1.87 bits per heavy atom. The second kappa shape index (κ2) is 16.6. The summed E-state index contributed by atoms with van der Waals surface area (Å²) in [6.07, 6.45) is 8.26. The van der Waals surface area contributed by atoms with E-state index in [1.54, 1.807) is 36.7 Å². The molecule has 4 heterocycles. The van der Waals surface area contributed by atoms with Gasteiger partial charge >= 0.3 is 11.9 Å². The molecule has 0 bridgehead atoms. The first-order valence-electron chi connectivity index (χ1n) is 17.6. The van der Waals surface area contributed by atoms with E-state index in [0.717, 1.165) is 53.5 Å². The number of aliphatic carboxylic acids is 2. The molecule has 0 radical (unpaired) electrons. The average Bonchev–Trinajstić information content (AvgIpc) is 3.14. The molecular formula is C40H42ClN5O6. The third-order valence-corrected chi connectivity index (χ3v) is 10.5. The highest BCUT2D eigenvalue weighted by Gasteiger charge is 2.29. The van der Waals surface area contributed by atoms with Gasteiger partial charge in [-0.05, 0) is 91.7 Å². The number of hydrogen-bond acceptors (Lipinski definition) is 8. The molecule has 2 fully saturated rings. The number of benzene rings is 2. The monoisotopic (exact) mass is 723 g/mol. The third kappa shape index (κ3) is 8.55. The summed E-state index contributed by atoms with van der Waals surface area (Å²) < 4.78 is 0. The molecule has 52 heavy (non-hydrogen) atoms. The zero-order chi connectivity index (χ0) is 36.8. The van der Waals surface area contributed by atoms with Crippen LogP contribution in [0.15, 0.2) is 73.1 Å². The minimum absolute atomic E-state index is 0.0398. The predicted octanol–water partition coefficient (Wildman–Crippen LogP) is 6.66. The molecule has 2 aliphatic rings. The molecule has 270 valence electrons. The standard InChI is InChI=1S/C40H42ClN5O6/c1-25-29(9-7-11-31(25)44-38(48)33-17-15-27(22-43-33)24-46-19-5-3-13-35(46)40(51)52)30-10-6-8-28(37(30)41)20-36(47)32-16-14-26(21-42-32)23-45-18-4-2-12-34(45)39(49)50/h6-11,14-17,21-22,34-35H,2-5,12-13,18-20,23-24H2,1H3,(H,44,48)(H,49,50)(H,51,52)/t34-,35-/m0/s1. The molecule has 2 saturated heterocycles. The summed E-state index contributed by atoms with van der Waals surface area (Å²) in [6.45, 7) is 4.23. The van der Waals surface area contributed by atoms with Crippen LogP contribution >= 0.6 is 11.6 Å². The molecule has 6 rings (SSSR count). The summed E-state index contributed by atoms with van der Waals surface area (Å²) in [5.41, 5.74) is 5.77. The zero-order valence-electron chi connectivity index (χ0n) is 29.1. The van der Waals surface area contributed by atoms with Gasteiger partial charge in [-0.3, -0.25) is 38.9 Å². The number of piperidine rings is 2. The summed E-state index contributed by atoms with van der Waals surface area (Å²) in [7, 11) is 0. The first-order valence-corrected chi connectivity index (χ1v) is 18.0. The van der Waals surface area contributed by atoms with Gasteiger partial charge in [-0.15, -0.1) is 0 Å². The number of likely N-dealkylation sites (tertiary alicyclic amines) is 2. The van der Waals surface area contributed by atoms with Crippen molar-refractivity contribution in [2.45, 2.75) is 77.0 Å². The molecular weight excluding hydrogens is 682 g/mol. The summed E-state index contributed by atoms with van der Waals surface area (Å²) in [5, 5.41) is 22.6. The van der Waals surface area contributed by atoms with Gasteiger partial charge in [0, 0.05) is 43.2 Å². The van der Waals surface area contributed by atoms with Gasteiger partial charge in [0.2, 0.25) is 0 Å². The van der Waals surface area contributed by atoms with Gasteiger partial charge in [0.25, 0.3) is 5.91 Å². The predicted molar refractivity (Wildman–Crippen MR) is 197 cm³/mol. The molecule has 2 aromatic carbocycles. The van der Waals surface area contributed by atoms with Gasteiger partial charge in [-0.1, -0.05) is 66.9 Å². The lowest BCUT2D eigenvalue weighted by Gasteiger charge is -2.32. The van der Waals surface area contributed by atoms with Crippen LogP contribution in [-0.2, 0) is 29.1 Å². The lowest BCUT2D eigenvalue weighted by molar-refractivity contribution is -0.145. The molecule has 1 amide bonds. The van der Waals surface area contributed by atoms with E-state index < -0.39 is 24.0 Å². The van der Waals surface area contributed by atoms with Gasteiger partial charge in [-0.2, -0.15) is 0 Å². The van der Waals surface area contributed by atoms with Crippen LogP contribution in [0.2, 0.25) is 5.02 Å². The Labute approximate surface area is 307 Å². The van der Waals surface area contributed by atoms with Crippen molar-refractivity contribution in [3.8, 4) is 11.1 Å². The number of carboxylic acids is 2. The summed E-state index contributed by atoms with van der Waals surface area (Å²) in [5.74, 6) is -2.20. The van der Waals surface area contributed by atoms with Crippen LogP contribution in [0.4, 0.5) is 5.69 Å². The van der Waals surface area contributed by atoms with Crippen molar-refractivity contribution in [2.24, 2.45) is 0 Å². The quantitative estimate of drug-likeness (QED) is 0.135. The Kier molecular flexibility index (Phi) is 11.7. The van der Waals surface area contributed by atoms with E-state index in [1.165, 1.54) is 0 Å². The number of pyridine rings is 2. The van der Waals surface area contributed by atoms with Crippen LogP contribution in [-0.4, -0.2) is 78.8 Å². The Bertz CT molecular complexity index is 1810. The number of carbonyl (C=O) groups excluding carboxylic acids is 2. The van der Waals surface area contributed by atoms with E-state index >= 15 is 0 Å². The van der Waals surface area contributed by atoms with Crippen LogP contribution in [0, 0.1) is 6.92 Å². The first-order chi connectivity index (χ1) is 25.1. The summed E-state index contributed by atoms with van der Waals surface area (Å²) in [6, 6.07) is 17.0. The number of ketones is 1. The molecule has 2 aromatic heterocycles. The molecule has 2 aliphatic heterocycles. The average molecular weight is 724 g/mol. The lowest BCUT2D eigenvalue weighted by atomic mass is 9.95. The first kappa shape index (κ1) is 36.8. The number of halogens is 1. The molecule has 3 N–H and O–H groups in total. The van der Waals surface area contributed by atoms with Gasteiger partial charge < -0.3 is 15.5 Å². The van der Waals surface area contributed by atoms with Crippen molar-refractivity contribution in [3.05, 3.63) is 112 Å². The Hall–Kier alpha value is -4.97. The minimum atomic E-state index is -0.815. The SMILES string of the molecule is Cc1c(NC(=O)c2ccc(CN3CCCC[C@H]3C(=O)O)cn2)cccc1-c1cccc(CC(=O)c2ccc(CN3CCCC[C@H]3C(=O)O)cn2)c1Cl. The maximum Gasteiger partial charge on any atom is 0.320 e. The van der Waals surface area contributed by atoms with Crippen LogP contribution in [0.5, 0.6) is 0 Å². The Balaban J connectivity index is 1.11. The second-order valence-corrected chi connectivity index (χ2v) is 13.9. The molecule has 0 aliphatic carbocycles. The smallest absolute Gasteiger partial charge is 0.320 e. The second-order valence-electron chi connectivity index (χ2n) is 13.6. The highest BCUT2D eigenvalue weighted by atomic mass is 35.5. The number of hydrogen-bond donors (Lipinski definition) is 3. The lowest BCUT2D eigenvalue weighted by Crippen LogP contribution is -2.44. The zero-order valence-corrected chi connectivity index (χ0v) is 29.8. The van der Waals surface area contributed by atoms with E-state index in [2.05, 4.69) is 15.3 Å². The fraction of sp³-hybridized carbons (Fsp3) is 0.350. The number of nitrogens with zero attached hydrogens (tertiary/aromatic N) is 4. The van der Waals surface area contributed by atoms with Crippen molar-refractivity contribution in [3.63, 3.8) is 0 Å². The molecule has 0 spiro atoms. The maximum atomic E-state index is 13.3. The number of anilines is 1. The van der Waals surface area contributed by atoms with Gasteiger partial charge in [-0.25, -0.2) is 0 Å². The van der Waals surface area contributed by atoms with Gasteiger partial charge in [0.15, 0.2) is 5.78 Å². The highest BCUT2D eigenvalue weighted by Crippen LogP contribution is 2.36. The van der Waals surface area contributed by atoms with Crippen LogP contribution in [0.3, 0.4) is 0 Å². The van der Waals surface area contributed by atoms with Crippen molar-refractivity contribution < 1.29 is 29.4 Å². The molecule has 0 unspecified atom stereocenters. The van der Waals surface area contributed by atoms with Crippen LogP contribution in [0.1, 0.15) is 81.8 Å². The number of aromatic nitrogens is 2. The van der Waals surface area contributed by atoms with Gasteiger partial charge in [0.05, 0.1) is 5.02 Å². The van der Waals surface area contributed by atoms with Crippen molar-refractivity contribution in [1.29, 1.82) is 0 Å².